The van der Waals surface area contributed by atoms with Crippen molar-refractivity contribution in [1.82, 2.24) is 10.2 Å². The maximum atomic E-state index is 12.9. The average Bonchev–Trinajstić information content (AvgIpc) is 2.59. The van der Waals surface area contributed by atoms with Gasteiger partial charge in [-0.25, -0.2) is 0 Å². The van der Waals surface area contributed by atoms with E-state index in [1.165, 1.54) is 11.9 Å². The van der Waals surface area contributed by atoms with Gasteiger partial charge in [0.05, 0.1) is 6.42 Å². The highest BCUT2D eigenvalue weighted by atomic mass is 35.5. The third kappa shape index (κ3) is 5.37. The highest BCUT2D eigenvalue weighted by Crippen LogP contribution is 2.23. The van der Waals surface area contributed by atoms with Crippen LogP contribution in [0.1, 0.15) is 18.1 Å². The molecule has 0 saturated heterocycles. The van der Waals surface area contributed by atoms with Gasteiger partial charge in [-0.05, 0) is 42.3 Å². The highest BCUT2D eigenvalue weighted by molar-refractivity contribution is 6.35. The SMILES string of the molecule is CNC(=O)[C@@H](C)N(Cc1ccc(Cl)cc1Cl)C(=O)Cc1cccc(Cl)c1. The van der Waals surface area contributed by atoms with Crippen molar-refractivity contribution in [3.63, 3.8) is 0 Å². The van der Waals surface area contributed by atoms with Crippen LogP contribution < -0.4 is 5.32 Å². The lowest BCUT2D eigenvalue weighted by atomic mass is 10.1. The molecule has 0 saturated carbocycles. The predicted octanol–water partition coefficient (Wildman–Crippen LogP) is 4.35. The molecule has 0 radical (unpaired) electrons. The summed E-state index contributed by atoms with van der Waals surface area (Å²) >= 11 is 18.2. The summed E-state index contributed by atoms with van der Waals surface area (Å²) in [5.74, 6) is -0.455. The summed E-state index contributed by atoms with van der Waals surface area (Å²) in [7, 11) is 1.54. The van der Waals surface area contributed by atoms with Crippen LogP contribution in [-0.2, 0) is 22.6 Å². The molecule has 1 N–H and O–H groups in total. The molecule has 1 atom stereocenters. The van der Waals surface area contributed by atoms with Crippen molar-refractivity contribution in [2.45, 2.75) is 25.9 Å². The summed E-state index contributed by atoms with van der Waals surface area (Å²) in [4.78, 5) is 26.5. The Morgan fingerprint density at radius 2 is 1.77 bits per heavy atom. The van der Waals surface area contributed by atoms with Crippen LogP contribution in [0.4, 0.5) is 0 Å². The van der Waals surface area contributed by atoms with E-state index in [-0.39, 0.29) is 24.8 Å². The van der Waals surface area contributed by atoms with Crippen LogP contribution in [-0.4, -0.2) is 29.8 Å². The van der Waals surface area contributed by atoms with Gasteiger partial charge in [-0.1, -0.05) is 53.0 Å². The molecule has 4 nitrogen and oxygen atoms in total. The molecule has 0 aliphatic carbocycles. The number of likely N-dealkylation sites (N-methyl/N-ethyl adjacent to an activating group) is 1. The lowest BCUT2D eigenvalue weighted by Gasteiger charge is -2.29. The zero-order chi connectivity index (χ0) is 19.3. The van der Waals surface area contributed by atoms with Crippen molar-refractivity contribution in [1.29, 1.82) is 0 Å². The molecule has 138 valence electrons. The fourth-order valence-electron chi connectivity index (χ4n) is 2.55. The summed E-state index contributed by atoms with van der Waals surface area (Å²) in [6.07, 6.45) is 0.132. The smallest absolute Gasteiger partial charge is 0.242 e. The Morgan fingerprint density at radius 1 is 1.08 bits per heavy atom. The molecule has 0 aliphatic heterocycles. The first kappa shape index (κ1) is 20.6. The molecule has 2 aromatic rings. The largest absolute Gasteiger partial charge is 0.357 e. The van der Waals surface area contributed by atoms with Crippen LogP contribution in [0.3, 0.4) is 0 Å². The number of rotatable bonds is 6. The third-order valence-electron chi connectivity index (χ3n) is 4.01. The number of hydrogen-bond donors (Lipinski definition) is 1. The molecule has 0 aromatic heterocycles. The molecular weight excluding hydrogens is 395 g/mol. The Morgan fingerprint density at radius 3 is 2.38 bits per heavy atom. The van der Waals surface area contributed by atoms with E-state index in [0.717, 1.165) is 5.56 Å². The van der Waals surface area contributed by atoms with Gasteiger partial charge in [-0.15, -0.1) is 0 Å². The Balaban J connectivity index is 2.27. The second-order valence-electron chi connectivity index (χ2n) is 5.85. The van der Waals surface area contributed by atoms with E-state index >= 15 is 0 Å². The maximum absolute atomic E-state index is 12.9. The number of nitrogens with one attached hydrogen (secondary N) is 1. The van der Waals surface area contributed by atoms with Crippen molar-refractivity contribution >= 4 is 46.6 Å². The minimum atomic E-state index is -0.654. The van der Waals surface area contributed by atoms with Crippen LogP contribution >= 0.6 is 34.8 Å². The minimum Gasteiger partial charge on any atom is -0.357 e. The van der Waals surface area contributed by atoms with Crippen molar-refractivity contribution in [3.8, 4) is 0 Å². The van der Waals surface area contributed by atoms with Crippen LogP contribution in [0.2, 0.25) is 15.1 Å². The van der Waals surface area contributed by atoms with Crippen molar-refractivity contribution in [2.75, 3.05) is 7.05 Å². The van der Waals surface area contributed by atoms with E-state index in [0.29, 0.717) is 20.6 Å². The van der Waals surface area contributed by atoms with Gasteiger partial charge in [0.2, 0.25) is 11.8 Å². The normalized spacial score (nSPS) is 11.7. The second kappa shape index (κ2) is 9.26. The minimum absolute atomic E-state index is 0.132. The van der Waals surface area contributed by atoms with E-state index in [4.69, 9.17) is 34.8 Å². The number of carbonyl (C=O) groups is 2. The Hall–Kier alpha value is -1.75. The first-order valence-corrected chi connectivity index (χ1v) is 9.14. The number of hydrogen-bond acceptors (Lipinski definition) is 2. The van der Waals surface area contributed by atoms with Gasteiger partial charge < -0.3 is 10.2 Å². The van der Waals surface area contributed by atoms with Gasteiger partial charge in [-0.2, -0.15) is 0 Å². The van der Waals surface area contributed by atoms with Gasteiger partial charge in [-0.3, -0.25) is 9.59 Å². The number of nitrogens with zero attached hydrogens (tertiary/aromatic N) is 1. The molecule has 0 fully saturated rings. The second-order valence-corrected chi connectivity index (χ2v) is 7.13. The molecule has 2 aromatic carbocycles. The molecular formula is C19H19Cl3N2O2. The van der Waals surface area contributed by atoms with Gasteiger partial charge >= 0.3 is 0 Å². The summed E-state index contributed by atoms with van der Waals surface area (Å²) in [6.45, 7) is 1.88. The summed E-state index contributed by atoms with van der Waals surface area (Å²) in [5, 5.41) is 4.09. The maximum Gasteiger partial charge on any atom is 0.242 e. The van der Waals surface area contributed by atoms with E-state index < -0.39 is 6.04 Å². The topological polar surface area (TPSA) is 49.4 Å². The van der Waals surface area contributed by atoms with Gasteiger partial charge in [0, 0.05) is 28.7 Å². The number of halogens is 3. The Bertz CT molecular complexity index is 811. The Labute approximate surface area is 168 Å². The van der Waals surface area contributed by atoms with E-state index in [9.17, 15) is 9.59 Å². The number of benzene rings is 2. The molecule has 0 heterocycles. The zero-order valence-electron chi connectivity index (χ0n) is 14.4. The van der Waals surface area contributed by atoms with Gasteiger partial charge in [0.1, 0.15) is 6.04 Å². The van der Waals surface area contributed by atoms with Gasteiger partial charge in [0.25, 0.3) is 0 Å². The van der Waals surface area contributed by atoms with E-state index in [1.54, 1.807) is 43.3 Å². The van der Waals surface area contributed by atoms with Crippen LogP contribution in [0.25, 0.3) is 0 Å². The van der Waals surface area contributed by atoms with Crippen molar-refractivity contribution in [2.24, 2.45) is 0 Å². The molecule has 0 aliphatic rings. The van der Waals surface area contributed by atoms with Crippen molar-refractivity contribution < 1.29 is 9.59 Å². The highest BCUT2D eigenvalue weighted by Gasteiger charge is 2.26. The zero-order valence-corrected chi connectivity index (χ0v) is 16.7. The molecule has 26 heavy (non-hydrogen) atoms. The first-order chi connectivity index (χ1) is 12.3. The monoisotopic (exact) mass is 412 g/mol. The molecule has 2 amide bonds. The lowest BCUT2D eigenvalue weighted by Crippen LogP contribution is -2.47. The van der Waals surface area contributed by atoms with Crippen LogP contribution in [0.15, 0.2) is 42.5 Å². The lowest BCUT2D eigenvalue weighted by molar-refractivity contribution is -0.139. The predicted molar refractivity (Wildman–Crippen MR) is 106 cm³/mol. The number of carbonyl (C=O) groups excluding carboxylic acids is 2. The summed E-state index contributed by atoms with van der Waals surface area (Å²) in [5.41, 5.74) is 1.49. The van der Waals surface area contributed by atoms with Crippen LogP contribution in [0, 0.1) is 0 Å². The molecule has 0 unspecified atom stereocenters. The molecule has 0 bridgehead atoms. The first-order valence-electron chi connectivity index (χ1n) is 8.01. The number of amides is 2. The van der Waals surface area contributed by atoms with Gasteiger partial charge in [0.15, 0.2) is 0 Å². The van der Waals surface area contributed by atoms with Crippen molar-refractivity contribution in [3.05, 3.63) is 68.7 Å². The standard InChI is InChI=1S/C19H19Cl3N2O2/c1-12(19(26)23-2)24(11-14-6-7-16(21)10-17(14)22)18(25)9-13-4-3-5-15(20)8-13/h3-8,10,12H,9,11H2,1-2H3,(H,23,26)/t12-/m1/s1. The van der Waals surface area contributed by atoms with E-state index in [2.05, 4.69) is 5.32 Å². The molecule has 7 heteroatoms. The average molecular weight is 414 g/mol. The summed E-state index contributed by atoms with van der Waals surface area (Å²) in [6, 6.07) is 11.5. The molecule has 0 spiro atoms. The van der Waals surface area contributed by atoms with E-state index in [1.807, 2.05) is 6.07 Å². The summed E-state index contributed by atoms with van der Waals surface area (Å²) < 4.78 is 0. The fourth-order valence-corrected chi connectivity index (χ4v) is 3.23. The Kier molecular flexibility index (Phi) is 7.33. The quantitative estimate of drug-likeness (QED) is 0.765. The third-order valence-corrected chi connectivity index (χ3v) is 4.84. The fraction of sp³-hybridized carbons (Fsp3) is 0.263. The molecule has 2 rings (SSSR count). The van der Waals surface area contributed by atoms with Crippen LogP contribution in [0.5, 0.6) is 0 Å².